The average Bonchev–Trinajstić information content (AvgIpc) is 0.766. The lowest BCUT2D eigenvalue weighted by atomic mass is 9.94. The van der Waals surface area contributed by atoms with Gasteiger partial charge in [-0.05, 0) is 20.8 Å². The Morgan fingerprint density at radius 2 is 0.460 bits per heavy atom. The summed E-state index contributed by atoms with van der Waals surface area (Å²) in [6.07, 6.45) is -98.2. The number of rotatable bonds is 22. The van der Waals surface area contributed by atoms with Crippen molar-refractivity contribution in [1.29, 1.82) is 0 Å². The number of carbonyl (C=O) groups is 3. The molecule has 46 nitrogen and oxygen atoms in total. The Labute approximate surface area is 561 Å². The van der Waals surface area contributed by atoms with Crippen LogP contribution in [0.4, 0.5) is 0 Å². The van der Waals surface area contributed by atoms with E-state index in [4.69, 9.17) is 80.5 Å². The number of hydrogen-bond donors (Lipinski definition) is 26. The number of carboxylic acids is 3. The van der Waals surface area contributed by atoms with Crippen molar-refractivity contribution in [3.05, 3.63) is 0 Å². The molecule has 0 aromatic heterocycles. The van der Waals surface area contributed by atoms with E-state index < -0.39 is 314 Å². The van der Waals surface area contributed by atoms with Crippen molar-refractivity contribution < 1.29 is 228 Å². The Morgan fingerprint density at radius 3 is 0.770 bits per heavy atom. The molecule has 9 rings (SSSR count). The molecule has 0 aromatic rings. The first-order chi connectivity index (χ1) is 47.0. The SMILES string of the molecule is C[C@@H]1O[C@@H](O[C@@H]2[C@H](O)[C@@H](O)[C@@H](O[C@H]3[C@H](O[C@@H]4[C@H](O)[C@@H](O)C(O)O[C@@H]4C(=O)O)O[C@@H](C)[C@H](O[C@@H]4O[C@H](CO)[C@H](O)[C@H](O)[C@H]4O)[C@H]3O)O[C@@H]2C(=O)O)[C@H](O[C@H]2O[C@H](C(=O)O)[C@H](O[C@@H]3O[C@@H](C)[C@H](O[C@@H]4O[C@H](CO)[C@H](O)[C@H](O)[C@H]4O)[C@@H](O)[C@H]3O)[C@H](O)[C@H]2O)[C@H](O)[C@H]1O[C@@H]1O[C@H](CO)[C@H](O)[C@H](O)[C@H]1O. The normalized spacial score (nSPS) is 53.5. The first-order valence-electron chi connectivity index (χ1n) is 31.2. The van der Waals surface area contributed by atoms with Gasteiger partial charge < -0.3 is 213 Å². The van der Waals surface area contributed by atoms with E-state index in [0.29, 0.717) is 0 Å². The van der Waals surface area contributed by atoms with Gasteiger partial charge in [-0.15, -0.1) is 0 Å². The van der Waals surface area contributed by atoms with Crippen LogP contribution in [0.25, 0.3) is 0 Å². The van der Waals surface area contributed by atoms with E-state index in [-0.39, 0.29) is 0 Å². The molecule has 100 heavy (non-hydrogen) atoms. The van der Waals surface area contributed by atoms with Gasteiger partial charge in [0.05, 0.1) is 38.1 Å². The van der Waals surface area contributed by atoms with Gasteiger partial charge in [-0.1, -0.05) is 0 Å². The molecule has 0 bridgehead atoms. The Hall–Kier alpha value is -3.19. The van der Waals surface area contributed by atoms with Gasteiger partial charge >= 0.3 is 17.9 Å². The fraction of sp³-hybridized carbons (Fsp3) is 0.944. The van der Waals surface area contributed by atoms with E-state index in [1.807, 2.05) is 0 Å². The van der Waals surface area contributed by atoms with Gasteiger partial charge in [-0.3, -0.25) is 0 Å². The van der Waals surface area contributed by atoms with Gasteiger partial charge in [0, 0.05) is 0 Å². The summed E-state index contributed by atoms with van der Waals surface area (Å²) in [5, 5.41) is 281. The molecule has 46 heteroatoms. The topological polar surface area (TPSA) is 734 Å². The maximum Gasteiger partial charge on any atom is 0.335 e. The summed E-state index contributed by atoms with van der Waals surface area (Å²) >= 11 is 0. The summed E-state index contributed by atoms with van der Waals surface area (Å²) in [5.74, 6) is -6.11. The third kappa shape index (κ3) is 16.2. The van der Waals surface area contributed by atoms with E-state index in [1.54, 1.807) is 0 Å². The first-order valence-corrected chi connectivity index (χ1v) is 31.2. The molecule has 0 radical (unpaired) electrons. The minimum atomic E-state index is -2.71. The average molecular weight is 1470 g/mol. The van der Waals surface area contributed by atoms with Crippen molar-refractivity contribution in [3.8, 4) is 0 Å². The Balaban J connectivity index is 0.975. The smallest absolute Gasteiger partial charge is 0.335 e. The minimum Gasteiger partial charge on any atom is -0.479 e. The maximum absolute atomic E-state index is 13.3. The minimum absolute atomic E-state index is 0.887. The molecule has 9 fully saturated rings. The highest BCUT2D eigenvalue weighted by molar-refractivity contribution is 5.74. The molecule has 9 heterocycles. The summed E-state index contributed by atoms with van der Waals surface area (Å²) in [4.78, 5) is 38.8. The second kappa shape index (κ2) is 33.3. The Morgan fingerprint density at radius 1 is 0.240 bits per heavy atom. The summed E-state index contributed by atoms with van der Waals surface area (Å²) in [7, 11) is 0. The van der Waals surface area contributed by atoms with Crippen LogP contribution in [0.5, 0.6) is 0 Å². The van der Waals surface area contributed by atoms with Crippen LogP contribution in [0.3, 0.4) is 0 Å². The molecule has 578 valence electrons. The standard InChI is InChI=1S/C54H86O46/c1-7-32(91-48-24(69)16(61)13(58)10(4-55)87-48)20(65)27(72)47(84-7)94-36-21(66)28(73)51(99-41(36)44(79)80)98-39-31(76)34(93-50-26(71)18(63)15(60)12(6-57)89-50)9(3)86-54(39)96-37-22(67)29(74)52(100-42(37)45(81)82)97-38-30(75)33(92-49-25(70)17(62)14(59)11(5-56)88-49)8(2)85-53(38)95-35-19(64)23(68)46(83)90-40(35)43(77)78/h7-42,46-76,83H,4-6H2,1-3H3,(H,77,78)(H,79,80)(H,81,82)/t7-,8-,9-,10+,11+,12+,13-,14-,15-,16-,17-,18-,19+,20-,21+,22+,23+,24+,25+,26+,27+,28+,29+,30+,31+,32-,33-,34-,35+,36+,37+,38+,39+,40-,41-,42-,46?,47-,48-,49-,50-,51-,52-,53-,54-/m0/s1. The maximum atomic E-state index is 13.3. The molecule has 9 saturated heterocycles. The highest BCUT2D eigenvalue weighted by Gasteiger charge is 2.62. The van der Waals surface area contributed by atoms with E-state index >= 15 is 0 Å². The largest absolute Gasteiger partial charge is 0.479 e. The van der Waals surface area contributed by atoms with Crippen molar-refractivity contribution in [1.82, 2.24) is 0 Å². The predicted molar refractivity (Wildman–Crippen MR) is 294 cm³/mol. The van der Waals surface area contributed by atoms with Crippen molar-refractivity contribution in [2.75, 3.05) is 19.8 Å². The second-order valence-electron chi connectivity index (χ2n) is 25.2. The number of aliphatic hydroxyl groups is 23. The third-order valence-corrected chi connectivity index (χ3v) is 18.5. The number of aliphatic hydroxyl groups excluding tert-OH is 23. The van der Waals surface area contributed by atoms with Crippen LogP contribution in [-0.4, -0.2) is 447 Å². The number of aliphatic carboxylic acids is 3. The van der Waals surface area contributed by atoms with Crippen molar-refractivity contribution in [2.45, 2.75) is 297 Å². The lowest BCUT2D eigenvalue weighted by molar-refractivity contribution is -0.410. The predicted octanol–water partition coefficient (Wildman–Crippen LogP) is -17.3. The van der Waals surface area contributed by atoms with Crippen molar-refractivity contribution in [2.24, 2.45) is 0 Å². The van der Waals surface area contributed by atoms with E-state index in [9.17, 15) is 147 Å². The number of hydrogen-bond acceptors (Lipinski definition) is 43. The van der Waals surface area contributed by atoms with E-state index in [2.05, 4.69) is 0 Å². The highest BCUT2D eigenvalue weighted by Crippen LogP contribution is 2.41. The monoisotopic (exact) mass is 1470 g/mol. The van der Waals surface area contributed by atoms with E-state index in [1.165, 1.54) is 6.92 Å². The van der Waals surface area contributed by atoms with Gasteiger partial charge in [0.25, 0.3) is 0 Å². The zero-order valence-electron chi connectivity index (χ0n) is 52.4. The lowest BCUT2D eigenvalue weighted by Gasteiger charge is -2.51. The molecule has 0 saturated carbocycles. The fourth-order valence-corrected chi connectivity index (χ4v) is 12.8. The van der Waals surface area contributed by atoms with Crippen LogP contribution in [0.15, 0.2) is 0 Å². The first kappa shape index (κ1) is 80.9. The van der Waals surface area contributed by atoms with Gasteiger partial charge in [0.15, 0.2) is 74.9 Å². The summed E-state index contributed by atoms with van der Waals surface area (Å²) in [6.45, 7) is 0.547. The van der Waals surface area contributed by atoms with Gasteiger partial charge in [0.2, 0.25) is 0 Å². The fourth-order valence-electron chi connectivity index (χ4n) is 12.8. The molecule has 9 aliphatic heterocycles. The molecule has 9 aliphatic rings. The quantitative estimate of drug-likeness (QED) is 0.0479. The zero-order chi connectivity index (χ0) is 73.9. The van der Waals surface area contributed by atoms with Crippen LogP contribution in [0.1, 0.15) is 20.8 Å². The van der Waals surface area contributed by atoms with Gasteiger partial charge in [0.1, 0.15) is 183 Å². The summed E-state index contributed by atoms with van der Waals surface area (Å²) in [6, 6.07) is 0. The van der Waals surface area contributed by atoms with Gasteiger partial charge in [-0.25, -0.2) is 14.4 Å². The molecule has 1 unspecified atom stereocenters. The van der Waals surface area contributed by atoms with Crippen LogP contribution in [0, 0.1) is 0 Å². The van der Waals surface area contributed by atoms with Crippen LogP contribution < -0.4 is 0 Å². The molecule has 0 aliphatic carbocycles. The van der Waals surface area contributed by atoms with Crippen molar-refractivity contribution >= 4 is 17.9 Å². The van der Waals surface area contributed by atoms with Crippen LogP contribution >= 0.6 is 0 Å². The third-order valence-electron chi connectivity index (χ3n) is 18.5. The van der Waals surface area contributed by atoms with Crippen molar-refractivity contribution in [3.63, 3.8) is 0 Å². The highest BCUT2D eigenvalue weighted by atomic mass is 16.8. The molecular formula is C54H86O46. The molecule has 45 atom stereocenters. The molecule has 0 spiro atoms. The second-order valence-corrected chi connectivity index (χ2v) is 25.2. The lowest BCUT2D eigenvalue weighted by Crippen LogP contribution is -2.69. The molecule has 0 aromatic carbocycles. The molecule has 0 amide bonds. The Bertz CT molecular complexity index is 2650. The molecule has 26 N–H and O–H groups in total. The summed E-state index contributed by atoms with van der Waals surface area (Å²) < 4.78 is 96.0. The number of carboxylic acid groups (broad SMARTS) is 3. The van der Waals surface area contributed by atoms with Crippen LogP contribution in [0.2, 0.25) is 0 Å². The van der Waals surface area contributed by atoms with Gasteiger partial charge in [-0.2, -0.15) is 0 Å². The summed E-state index contributed by atoms with van der Waals surface area (Å²) in [5.41, 5.74) is 0. The zero-order valence-corrected chi connectivity index (χ0v) is 52.4. The molecular weight excluding hydrogens is 1380 g/mol. The van der Waals surface area contributed by atoms with E-state index in [0.717, 1.165) is 13.8 Å². The van der Waals surface area contributed by atoms with Crippen LogP contribution in [-0.2, 0) is 94.9 Å². The Kier molecular flexibility index (Phi) is 26.9. The number of ether oxygens (including phenoxy) is 17.